The van der Waals surface area contributed by atoms with Crippen molar-refractivity contribution in [3.63, 3.8) is 0 Å². The molecule has 2 amide bonds. The third kappa shape index (κ3) is 7.84. The van der Waals surface area contributed by atoms with Crippen molar-refractivity contribution in [3.8, 4) is 0 Å². The van der Waals surface area contributed by atoms with E-state index in [-0.39, 0.29) is 32.8 Å². The molecule has 172 valence electrons. The number of hydrogen-bond acceptors (Lipinski definition) is 7. The molecule has 0 aliphatic carbocycles. The Kier molecular flexibility index (Phi) is 8.42. The second-order valence-corrected chi connectivity index (χ2v) is 8.43. The molecule has 11 heteroatoms. The van der Waals surface area contributed by atoms with E-state index in [0.29, 0.717) is 0 Å². The summed E-state index contributed by atoms with van der Waals surface area (Å²) < 4.78 is 40.9. The SMILES string of the molecule is O=C(NCC[C@@H]1NS(=O)(=O)OC[C@H]1NC(=O)OCc1ccccc1)OCc1ccccc1. The quantitative estimate of drug-likeness (QED) is 0.544. The highest BCUT2D eigenvalue weighted by Crippen LogP contribution is 2.11. The van der Waals surface area contributed by atoms with Crippen LogP contribution in [0.3, 0.4) is 0 Å². The van der Waals surface area contributed by atoms with E-state index in [1.807, 2.05) is 60.7 Å². The van der Waals surface area contributed by atoms with Gasteiger partial charge in [0.1, 0.15) is 13.2 Å². The summed E-state index contributed by atoms with van der Waals surface area (Å²) in [5.74, 6) is 0. The Labute approximate surface area is 186 Å². The zero-order chi connectivity index (χ0) is 22.8. The van der Waals surface area contributed by atoms with E-state index in [1.54, 1.807) is 0 Å². The normalized spacial score (nSPS) is 19.5. The van der Waals surface area contributed by atoms with Crippen LogP contribution in [0.1, 0.15) is 17.5 Å². The van der Waals surface area contributed by atoms with Crippen molar-refractivity contribution in [3.05, 3.63) is 71.8 Å². The second-order valence-electron chi connectivity index (χ2n) is 7.05. The number of amides is 2. The van der Waals surface area contributed by atoms with Crippen molar-refractivity contribution < 1.29 is 31.7 Å². The lowest BCUT2D eigenvalue weighted by atomic mass is 10.1. The van der Waals surface area contributed by atoms with Gasteiger partial charge in [-0.15, -0.1) is 0 Å². The molecular weight excluding hydrogens is 438 g/mol. The van der Waals surface area contributed by atoms with Crippen LogP contribution in [0.2, 0.25) is 0 Å². The van der Waals surface area contributed by atoms with Gasteiger partial charge < -0.3 is 20.1 Å². The first kappa shape index (κ1) is 23.5. The molecule has 1 fully saturated rings. The van der Waals surface area contributed by atoms with Crippen molar-refractivity contribution in [1.29, 1.82) is 0 Å². The fourth-order valence-electron chi connectivity index (χ4n) is 3.00. The number of nitrogens with one attached hydrogen (secondary N) is 3. The third-order valence-corrected chi connectivity index (χ3v) is 5.68. The summed E-state index contributed by atoms with van der Waals surface area (Å²) in [5.41, 5.74) is 1.66. The van der Waals surface area contributed by atoms with Crippen molar-refractivity contribution in [1.82, 2.24) is 15.4 Å². The van der Waals surface area contributed by atoms with Crippen LogP contribution in [-0.4, -0.2) is 45.8 Å². The maximum atomic E-state index is 12.1. The van der Waals surface area contributed by atoms with Gasteiger partial charge in [-0.2, -0.15) is 13.1 Å². The third-order valence-electron chi connectivity index (χ3n) is 4.64. The van der Waals surface area contributed by atoms with E-state index in [0.717, 1.165) is 11.1 Å². The van der Waals surface area contributed by atoms with E-state index in [9.17, 15) is 18.0 Å². The van der Waals surface area contributed by atoms with Gasteiger partial charge in [0.15, 0.2) is 0 Å². The minimum atomic E-state index is -3.94. The molecule has 1 heterocycles. The van der Waals surface area contributed by atoms with Crippen molar-refractivity contribution in [2.45, 2.75) is 31.7 Å². The molecule has 0 spiro atoms. The van der Waals surface area contributed by atoms with E-state index >= 15 is 0 Å². The first-order valence-electron chi connectivity index (χ1n) is 10.00. The Bertz CT molecular complexity index is 987. The van der Waals surface area contributed by atoms with Gasteiger partial charge in [-0.1, -0.05) is 60.7 Å². The maximum absolute atomic E-state index is 12.1. The Morgan fingerprint density at radius 1 is 0.938 bits per heavy atom. The van der Waals surface area contributed by atoms with Crippen LogP contribution in [0.5, 0.6) is 0 Å². The fraction of sp³-hybridized carbons (Fsp3) is 0.333. The van der Waals surface area contributed by atoms with Gasteiger partial charge in [-0.25, -0.2) is 9.59 Å². The molecule has 2 aromatic carbocycles. The first-order valence-corrected chi connectivity index (χ1v) is 11.4. The number of carbonyl (C=O) groups excluding carboxylic acids is 2. The molecule has 1 saturated heterocycles. The number of benzene rings is 2. The lowest BCUT2D eigenvalue weighted by molar-refractivity contribution is 0.121. The summed E-state index contributed by atoms with van der Waals surface area (Å²) in [5, 5.41) is 5.17. The Morgan fingerprint density at radius 2 is 1.50 bits per heavy atom. The topological polar surface area (TPSA) is 132 Å². The first-order chi connectivity index (χ1) is 15.4. The van der Waals surface area contributed by atoms with Crippen LogP contribution in [0, 0.1) is 0 Å². The molecule has 0 saturated carbocycles. The van der Waals surface area contributed by atoms with Crippen LogP contribution in [0.15, 0.2) is 60.7 Å². The number of alkyl carbamates (subject to hydrolysis) is 2. The van der Waals surface area contributed by atoms with Gasteiger partial charge >= 0.3 is 22.5 Å². The molecule has 3 rings (SSSR count). The molecular formula is C21H25N3O7S. The van der Waals surface area contributed by atoms with Gasteiger partial charge in [-0.05, 0) is 17.5 Å². The number of rotatable bonds is 8. The Balaban J connectivity index is 1.44. The zero-order valence-corrected chi connectivity index (χ0v) is 18.0. The highest BCUT2D eigenvalue weighted by atomic mass is 32.2. The van der Waals surface area contributed by atoms with E-state index < -0.39 is 34.6 Å². The van der Waals surface area contributed by atoms with Crippen LogP contribution in [-0.2, 0) is 37.2 Å². The largest absolute Gasteiger partial charge is 0.445 e. The zero-order valence-electron chi connectivity index (χ0n) is 17.2. The molecule has 0 aromatic heterocycles. The van der Waals surface area contributed by atoms with Gasteiger partial charge in [0.25, 0.3) is 0 Å². The highest BCUT2D eigenvalue weighted by Gasteiger charge is 2.34. The van der Waals surface area contributed by atoms with Crippen LogP contribution < -0.4 is 15.4 Å². The molecule has 32 heavy (non-hydrogen) atoms. The van der Waals surface area contributed by atoms with Crippen molar-refractivity contribution in [2.75, 3.05) is 13.2 Å². The average molecular weight is 464 g/mol. The summed E-state index contributed by atoms with van der Waals surface area (Å²) in [7, 11) is -3.94. The molecule has 0 radical (unpaired) electrons. The lowest BCUT2D eigenvalue weighted by Gasteiger charge is -2.32. The summed E-state index contributed by atoms with van der Waals surface area (Å²) >= 11 is 0. The monoisotopic (exact) mass is 463 g/mol. The minimum absolute atomic E-state index is 0.0749. The molecule has 3 N–H and O–H groups in total. The maximum Gasteiger partial charge on any atom is 0.407 e. The van der Waals surface area contributed by atoms with Crippen LogP contribution >= 0.6 is 0 Å². The number of hydrogen-bond donors (Lipinski definition) is 3. The predicted molar refractivity (Wildman–Crippen MR) is 115 cm³/mol. The van der Waals surface area contributed by atoms with Gasteiger partial charge in [-0.3, -0.25) is 4.18 Å². The highest BCUT2D eigenvalue weighted by molar-refractivity contribution is 7.84. The molecule has 0 bridgehead atoms. The Hall–Kier alpha value is -3.15. The van der Waals surface area contributed by atoms with Crippen molar-refractivity contribution in [2.24, 2.45) is 0 Å². The summed E-state index contributed by atoms with van der Waals surface area (Å²) in [4.78, 5) is 24.0. The molecule has 0 unspecified atom stereocenters. The molecule has 2 atom stereocenters. The van der Waals surface area contributed by atoms with Gasteiger partial charge in [0, 0.05) is 12.6 Å². The minimum Gasteiger partial charge on any atom is -0.445 e. The van der Waals surface area contributed by atoms with E-state index in [1.165, 1.54) is 0 Å². The standard InChI is InChI=1S/C21H25N3O7S/c25-20(29-13-16-7-3-1-4-8-16)22-12-11-18-19(15-31-32(27,28)24-18)23-21(26)30-14-17-9-5-2-6-10-17/h1-10,18-19,24H,11-15H2,(H,22,25)(H,23,26)/t18-,19+/m0/s1. The number of carbonyl (C=O) groups is 2. The lowest BCUT2D eigenvalue weighted by Crippen LogP contribution is -2.59. The van der Waals surface area contributed by atoms with Crippen molar-refractivity contribution >= 4 is 22.5 Å². The van der Waals surface area contributed by atoms with Gasteiger partial charge in [0.2, 0.25) is 0 Å². The summed E-state index contributed by atoms with van der Waals surface area (Å²) in [6.45, 7) is 0.0659. The van der Waals surface area contributed by atoms with E-state index in [4.69, 9.17) is 13.7 Å². The van der Waals surface area contributed by atoms with Gasteiger partial charge in [0.05, 0.1) is 12.6 Å². The second kappa shape index (κ2) is 11.5. The summed E-state index contributed by atoms with van der Waals surface area (Å²) in [6.07, 6.45) is -1.13. The fourth-order valence-corrected chi connectivity index (χ4v) is 4.05. The summed E-state index contributed by atoms with van der Waals surface area (Å²) in [6, 6.07) is 17.0. The van der Waals surface area contributed by atoms with Crippen LogP contribution in [0.4, 0.5) is 9.59 Å². The Morgan fingerprint density at radius 3 is 2.09 bits per heavy atom. The molecule has 10 nitrogen and oxygen atoms in total. The number of ether oxygens (including phenoxy) is 2. The van der Waals surface area contributed by atoms with E-state index in [2.05, 4.69) is 15.4 Å². The molecule has 1 aliphatic rings. The smallest absolute Gasteiger partial charge is 0.407 e. The van der Waals surface area contributed by atoms with Crippen LogP contribution in [0.25, 0.3) is 0 Å². The average Bonchev–Trinajstić information content (AvgIpc) is 2.79. The predicted octanol–water partition coefficient (Wildman–Crippen LogP) is 1.83. The molecule has 1 aliphatic heterocycles. The molecule has 2 aromatic rings.